The molecule has 0 spiro atoms. The van der Waals surface area contributed by atoms with Gasteiger partial charge < -0.3 is 15.1 Å². The van der Waals surface area contributed by atoms with Crippen LogP contribution in [-0.2, 0) is 4.79 Å². The number of amides is 2. The minimum atomic E-state index is -0.501. The fourth-order valence-electron chi connectivity index (χ4n) is 2.84. The lowest BCUT2D eigenvalue weighted by Gasteiger charge is -2.34. The second kappa shape index (κ2) is 8.67. The van der Waals surface area contributed by atoms with Gasteiger partial charge >= 0.3 is 0 Å². The van der Waals surface area contributed by atoms with Crippen LogP contribution in [0.1, 0.15) is 22.5 Å². The first-order chi connectivity index (χ1) is 12.9. The largest absolute Gasteiger partial charge is 0.351 e. The second-order valence-electron chi connectivity index (χ2n) is 6.27. The van der Waals surface area contributed by atoms with E-state index in [9.17, 15) is 14.0 Å². The van der Waals surface area contributed by atoms with Crippen LogP contribution in [0.25, 0.3) is 0 Å². The third-order valence-electron chi connectivity index (χ3n) is 4.31. The van der Waals surface area contributed by atoms with Crippen molar-refractivity contribution in [1.82, 2.24) is 15.2 Å². The Labute approximate surface area is 165 Å². The highest BCUT2D eigenvalue weighted by Gasteiger charge is 2.22. The quantitative estimate of drug-likeness (QED) is 0.823. The summed E-state index contributed by atoms with van der Waals surface area (Å²) in [7, 11) is 0. The molecule has 6 nitrogen and oxygen atoms in total. The van der Waals surface area contributed by atoms with E-state index in [1.165, 1.54) is 12.1 Å². The van der Waals surface area contributed by atoms with Gasteiger partial charge in [0.15, 0.2) is 5.13 Å². The Balaban J connectivity index is 1.43. The highest BCUT2D eigenvalue weighted by atomic mass is 35.5. The number of carbonyl (C=O) groups is 2. The molecule has 1 aliphatic rings. The first-order valence-electron chi connectivity index (χ1n) is 8.62. The fraction of sp³-hybridized carbons (Fsp3) is 0.389. The van der Waals surface area contributed by atoms with Gasteiger partial charge in [0.1, 0.15) is 5.82 Å². The first-order valence-corrected chi connectivity index (χ1v) is 9.88. The SMILES string of the molecule is Cc1csc(N2CCN(C(=O)CCNC(=O)c3ccc(F)cc3Cl)CC2)n1. The molecule has 1 N–H and O–H groups in total. The molecule has 1 saturated heterocycles. The van der Waals surface area contributed by atoms with Crippen LogP contribution >= 0.6 is 22.9 Å². The van der Waals surface area contributed by atoms with E-state index in [-0.39, 0.29) is 29.5 Å². The minimum Gasteiger partial charge on any atom is -0.351 e. The summed E-state index contributed by atoms with van der Waals surface area (Å²) in [6.07, 6.45) is 0.209. The van der Waals surface area contributed by atoms with Crippen molar-refractivity contribution in [3.05, 3.63) is 45.7 Å². The zero-order chi connectivity index (χ0) is 19.4. The standard InChI is InChI=1S/C18H20ClFN4O2S/c1-12-11-27-18(22-12)24-8-6-23(7-9-24)16(25)4-5-21-17(26)14-3-2-13(20)10-15(14)19/h2-3,10-11H,4-9H2,1H3,(H,21,26). The predicted molar refractivity (Wildman–Crippen MR) is 104 cm³/mol. The summed E-state index contributed by atoms with van der Waals surface area (Å²) in [6, 6.07) is 3.59. The van der Waals surface area contributed by atoms with Gasteiger partial charge in [0.2, 0.25) is 5.91 Å². The number of hydrogen-bond acceptors (Lipinski definition) is 5. The number of aryl methyl sites for hydroxylation is 1. The van der Waals surface area contributed by atoms with Gasteiger partial charge in [-0.1, -0.05) is 11.6 Å². The Bertz CT molecular complexity index is 837. The van der Waals surface area contributed by atoms with E-state index in [0.717, 1.165) is 30.0 Å². The minimum absolute atomic E-state index is 0.00419. The lowest BCUT2D eigenvalue weighted by Crippen LogP contribution is -2.49. The lowest BCUT2D eigenvalue weighted by molar-refractivity contribution is -0.131. The summed E-state index contributed by atoms with van der Waals surface area (Å²) in [4.78, 5) is 32.9. The highest BCUT2D eigenvalue weighted by Crippen LogP contribution is 2.21. The Kier molecular flexibility index (Phi) is 6.28. The molecule has 9 heteroatoms. The van der Waals surface area contributed by atoms with Gasteiger partial charge in [0.05, 0.1) is 16.3 Å². The second-order valence-corrected chi connectivity index (χ2v) is 7.51. The first kappa shape index (κ1) is 19.6. The van der Waals surface area contributed by atoms with Crippen molar-refractivity contribution in [3.8, 4) is 0 Å². The normalized spacial score (nSPS) is 14.3. The molecule has 0 radical (unpaired) electrons. The van der Waals surface area contributed by atoms with E-state index in [4.69, 9.17) is 11.6 Å². The maximum Gasteiger partial charge on any atom is 0.252 e. The van der Waals surface area contributed by atoms with Crippen LogP contribution in [-0.4, -0.2) is 54.4 Å². The van der Waals surface area contributed by atoms with Crippen molar-refractivity contribution in [1.29, 1.82) is 0 Å². The van der Waals surface area contributed by atoms with Crippen molar-refractivity contribution in [2.75, 3.05) is 37.6 Å². The summed E-state index contributed by atoms with van der Waals surface area (Å²) in [5, 5.41) is 5.71. The topological polar surface area (TPSA) is 65.5 Å². The number of benzene rings is 1. The summed E-state index contributed by atoms with van der Waals surface area (Å²) in [5.41, 5.74) is 1.20. The molecule has 0 unspecified atom stereocenters. The smallest absolute Gasteiger partial charge is 0.252 e. The predicted octanol–water partition coefficient (Wildman–Crippen LogP) is 2.71. The molecule has 0 atom stereocenters. The molecule has 3 rings (SSSR count). The van der Waals surface area contributed by atoms with Crippen LogP contribution in [0.15, 0.2) is 23.6 Å². The molecule has 27 heavy (non-hydrogen) atoms. The molecule has 1 fully saturated rings. The lowest BCUT2D eigenvalue weighted by atomic mass is 10.2. The van der Waals surface area contributed by atoms with Crippen LogP contribution in [0, 0.1) is 12.7 Å². The number of carbonyl (C=O) groups excluding carboxylic acids is 2. The molecule has 2 heterocycles. The Morgan fingerprint density at radius 3 is 2.67 bits per heavy atom. The van der Waals surface area contributed by atoms with Gasteiger partial charge in [-0.15, -0.1) is 11.3 Å². The molecule has 1 aliphatic heterocycles. The average molecular weight is 411 g/mol. The number of piperazine rings is 1. The highest BCUT2D eigenvalue weighted by molar-refractivity contribution is 7.13. The zero-order valence-corrected chi connectivity index (χ0v) is 16.4. The van der Waals surface area contributed by atoms with E-state index < -0.39 is 11.7 Å². The van der Waals surface area contributed by atoms with Crippen molar-refractivity contribution < 1.29 is 14.0 Å². The maximum absolute atomic E-state index is 13.0. The summed E-state index contributed by atoms with van der Waals surface area (Å²) in [6.45, 7) is 4.93. The molecule has 0 aliphatic carbocycles. The van der Waals surface area contributed by atoms with Gasteiger partial charge in [0.25, 0.3) is 5.91 Å². The number of thiazole rings is 1. The molecule has 144 valence electrons. The van der Waals surface area contributed by atoms with Crippen molar-refractivity contribution in [2.45, 2.75) is 13.3 Å². The number of aromatic nitrogens is 1. The van der Waals surface area contributed by atoms with E-state index >= 15 is 0 Å². The average Bonchev–Trinajstić information content (AvgIpc) is 3.08. The summed E-state index contributed by atoms with van der Waals surface area (Å²) < 4.78 is 13.0. The van der Waals surface area contributed by atoms with E-state index in [1.54, 1.807) is 16.2 Å². The molecule has 1 aromatic heterocycles. The van der Waals surface area contributed by atoms with Crippen LogP contribution in [0.3, 0.4) is 0 Å². The van der Waals surface area contributed by atoms with Crippen LogP contribution in [0.5, 0.6) is 0 Å². The fourth-order valence-corrected chi connectivity index (χ4v) is 3.95. The summed E-state index contributed by atoms with van der Waals surface area (Å²) in [5.74, 6) is -0.925. The van der Waals surface area contributed by atoms with E-state index in [2.05, 4.69) is 15.2 Å². The molecule has 0 bridgehead atoms. The third kappa shape index (κ3) is 4.95. The molecular formula is C18H20ClFN4O2S. The Morgan fingerprint density at radius 1 is 1.30 bits per heavy atom. The van der Waals surface area contributed by atoms with Crippen molar-refractivity contribution >= 4 is 39.9 Å². The maximum atomic E-state index is 13.0. The van der Waals surface area contributed by atoms with Crippen LogP contribution < -0.4 is 10.2 Å². The van der Waals surface area contributed by atoms with Gasteiger partial charge in [-0.25, -0.2) is 9.37 Å². The van der Waals surface area contributed by atoms with Gasteiger partial charge in [-0.3, -0.25) is 9.59 Å². The van der Waals surface area contributed by atoms with E-state index in [1.807, 2.05) is 12.3 Å². The van der Waals surface area contributed by atoms with Crippen molar-refractivity contribution in [3.63, 3.8) is 0 Å². The monoisotopic (exact) mass is 410 g/mol. The number of halogens is 2. The molecule has 0 saturated carbocycles. The molecule has 2 amide bonds. The Hall–Kier alpha value is -2.19. The molecular weight excluding hydrogens is 391 g/mol. The third-order valence-corrected chi connectivity index (χ3v) is 5.64. The number of hydrogen-bond donors (Lipinski definition) is 1. The number of nitrogens with one attached hydrogen (secondary N) is 1. The summed E-state index contributed by atoms with van der Waals surface area (Å²) >= 11 is 7.48. The number of rotatable bonds is 5. The van der Waals surface area contributed by atoms with E-state index in [0.29, 0.717) is 13.1 Å². The number of nitrogens with zero attached hydrogens (tertiary/aromatic N) is 3. The van der Waals surface area contributed by atoms with Crippen molar-refractivity contribution in [2.24, 2.45) is 0 Å². The van der Waals surface area contributed by atoms with Gasteiger partial charge in [-0.2, -0.15) is 0 Å². The van der Waals surface area contributed by atoms with Crippen LogP contribution in [0.4, 0.5) is 9.52 Å². The number of anilines is 1. The van der Waals surface area contributed by atoms with Gasteiger partial charge in [-0.05, 0) is 25.1 Å². The zero-order valence-electron chi connectivity index (χ0n) is 14.9. The Morgan fingerprint density at radius 2 is 2.04 bits per heavy atom. The molecule has 1 aromatic carbocycles. The van der Waals surface area contributed by atoms with Gasteiger partial charge in [0, 0.05) is 44.5 Å². The molecule has 2 aromatic rings. The van der Waals surface area contributed by atoms with Crippen LogP contribution in [0.2, 0.25) is 5.02 Å².